The highest BCUT2D eigenvalue weighted by Gasteiger charge is 2.20. The summed E-state index contributed by atoms with van der Waals surface area (Å²) in [5.41, 5.74) is 3.56. The Kier molecular flexibility index (Phi) is 6.93. The average Bonchev–Trinajstić information content (AvgIpc) is 2.64. The van der Waals surface area contributed by atoms with E-state index in [0.29, 0.717) is 23.4 Å². The molecule has 0 saturated carbocycles. The summed E-state index contributed by atoms with van der Waals surface area (Å²) in [7, 11) is 4.06. The molecule has 0 aliphatic heterocycles. The zero-order chi connectivity index (χ0) is 20.9. The summed E-state index contributed by atoms with van der Waals surface area (Å²) in [4.78, 5) is 19.3. The molecule has 1 heterocycles. The number of nitrogens with zero attached hydrogens (tertiary/aromatic N) is 3. The molecule has 28 heavy (non-hydrogen) atoms. The lowest BCUT2D eigenvalue weighted by molar-refractivity contribution is 0.0929. The quantitative estimate of drug-likeness (QED) is 0.789. The van der Waals surface area contributed by atoms with Gasteiger partial charge in [-0.25, -0.2) is 0 Å². The van der Waals surface area contributed by atoms with Gasteiger partial charge in [-0.15, -0.1) is 0 Å². The van der Waals surface area contributed by atoms with E-state index in [1.54, 1.807) is 12.1 Å². The van der Waals surface area contributed by atoms with Crippen LogP contribution in [0.2, 0.25) is 0 Å². The van der Waals surface area contributed by atoms with Gasteiger partial charge in [0.25, 0.3) is 5.91 Å². The van der Waals surface area contributed by atoms with Gasteiger partial charge in [-0.2, -0.15) is 5.26 Å². The molecule has 0 aliphatic rings. The van der Waals surface area contributed by atoms with Crippen LogP contribution < -0.4 is 5.32 Å². The lowest BCUT2D eigenvalue weighted by Gasteiger charge is -2.28. The van der Waals surface area contributed by atoms with Crippen molar-refractivity contribution in [3.8, 4) is 17.3 Å². The zero-order valence-corrected chi connectivity index (χ0v) is 17.7. The van der Waals surface area contributed by atoms with E-state index < -0.39 is 0 Å². The molecule has 2 rings (SSSR count). The predicted molar refractivity (Wildman–Crippen MR) is 113 cm³/mol. The first kappa shape index (κ1) is 21.6. The SMILES string of the molecule is CC(C)c1ccc(C#N)c(-c2ccc(C(=O)NCC(C)(C)CN(C)C)cc2)n1. The standard InChI is InChI=1S/C23H30N4O/c1-16(2)20-12-11-19(13-24)21(26-20)17-7-9-18(10-8-17)22(28)25-14-23(3,4)15-27(5)6/h7-12,16H,14-15H2,1-6H3,(H,25,28). The van der Waals surface area contributed by atoms with Crippen LogP contribution >= 0.6 is 0 Å². The minimum Gasteiger partial charge on any atom is -0.351 e. The Bertz CT molecular complexity index is 861. The summed E-state index contributed by atoms with van der Waals surface area (Å²) in [5, 5.41) is 12.4. The summed E-state index contributed by atoms with van der Waals surface area (Å²) in [5.74, 6) is 0.185. The van der Waals surface area contributed by atoms with E-state index in [9.17, 15) is 10.1 Å². The summed E-state index contributed by atoms with van der Waals surface area (Å²) < 4.78 is 0. The number of carbonyl (C=O) groups is 1. The molecular weight excluding hydrogens is 348 g/mol. The number of amides is 1. The van der Waals surface area contributed by atoms with Gasteiger partial charge in [-0.1, -0.05) is 39.8 Å². The first-order valence-electron chi connectivity index (χ1n) is 9.57. The molecule has 0 bridgehead atoms. The van der Waals surface area contributed by atoms with Gasteiger partial charge in [0.1, 0.15) is 6.07 Å². The van der Waals surface area contributed by atoms with Gasteiger partial charge in [-0.3, -0.25) is 9.78 Å². The largest absolute Gasteiger partial charge is 0.351 e. The molecule has 0 saturated heterocycles. The number of pyridine rings is 1. The third-order valence-corrected chi connectivity index (χ3v) is 4.52. The van der Waals surface area contributed by atoms with E-state index >= 15 is 0 Å². The Morgan fingerprint density at radius 2 is 1.82 bits per heavy atom. The van der Waals surface area contributed by atoms with Gasteiger partial charge in [0, 0.05) is 29.9 Å². The molecular formula is C23H30N4O. The number of carbonyl (C=O) groups excluding carboxylic acids is 1. The molecule has 0 unspecified atom stereocenters. The van der Waals surface area contributed by atoms with E-state index in [1.807, 2.05) is 38.4 Å². The van der Waals surface area contributed by atoms with Crippen LogP contribution in [-0.4, -0.2) is 43.0 Å². The fourth-order valence-corrected chi connectivity index (χ4v) is 3.22. The molecule has 0 spiro atoms. The highest BCUT2D eigenvalue weighted by molar-refractivity contribution is 5.94. The van der Waals surface area contributed by atoms with Crippen molar-refractivity contribution in [1.82, 2.24) is 15.2 Å². The van der Waals surface area contributed by atoms with Gasteiger partial charge >= 0.3 is 0 Å². The van der Waals surface area contributed by atoms with E-state index in [1.165, 1.54) is 0 Å². The van der Waals surface area contributed by atoms with Crippen molar-refractivity contribution in [2.75, 3.05) is 27.2 Å². The second-order valence-electron chi connectivity index (χ2n) is 8.56. The number of hydrogen-bond acceptors (Lipinski definition) is 4. The predicted octanol–water partition coefficient (Wildman–Crippen LogP) is 4.06. The van der Waals surface area contributed by atoms with E-state index in [0.717, 1.165) is 17.8 Å². The van der Waals surface area contributed by atoms with Crippen molar-refractivity contribution < 1.29 is 4.79 Å². The Hall–Kier alpha value is -2.71. The van der Waals surface area contributed by atoms with Crippen LogP contribution in [0.1, 0.15) is 55.2 Å². The van der Waals surface area contributed by atoms with Crippen molar-refractivity contribution in [2.45, 2.75) is 33.6 Å². The normalized spacial score (nSPS) is 11.5. The van der Waals surface area contributed by atoms with Gasteiger partial charge in [-0.05, 0) is 49.7 Å². The van der Waals surface area contributed by atoms with Crippen molar-refractivity contribution in [3.63, 3.8) is 0 Å². The number of aromatic nitrogens is 1. The van der Waals surface area contributed by atoms with Crippen LogP contribution in [0.25, 0.3) is 11.3 Å². The smallest absolute Gasteiger partial charge is 0.251 e. The second-order valence-corrected chi connectivity index (χ2v) is 8.56. The molecule has 1 aromatic heterocycles. The molecule has 1 amide bonds. The lowest BCUT2D eigenvalue weighted by Crippen LogP contribution is -2.39. The number of hydrogen-bond donors (Lipinski definition) is 1. The van der Waals surface area contributed by atoms with Crippen LogP contribution in [0.5, 0.6) is 0 Å². The lowest BCUT2D eigenvalue weighted by atomic mass is 9.93. The number of nitrogens with one attached hydrogen (secondary N) is 1. The summed E-state index contributed by atoms with van der Waals surface area (Å²) in [6.45, 7) is 9.90. The van der Waals surface area contributed by atoms with Crippen LogP contribution in [0.4, 0.5) is 0 Å². The minimum absolute atomic E-state index is 0.0119. The highest BCUT2D eigenvalue weighted by Crippen LogP contribution is 2.24. The molecule has 1 N–H and O–H groups in total. The average molecular weight is 379 g/mol. The van der Waals surface area contributed by atoms with Crippen molar-refractivity contribution in [2.24, 2.45) is 5.41 Å². The van der Waals surface area contributed by atoms with Crippen molar-refractivity contribution in [1.29, 1.82) is 5.26 Å². The molecule has 148 valence electrons. The Balaban J connectivity index is 2.17. The summed E-state index contributed by atoms with van der Waals surface area (Å²) >= 11 is 0. The minimum atomic E-state index is -0.0946. The first-order chi connectivity index (χ1) is 13.1. The summed E-state index contributed by atoms with van der Waals surface area (Å²) in [6, 6.07) is 13.2. The molecule has 0 radical (unpaired) electrons. The molecule has 1 aromatic carbocycles. The van der Waals surface area contributed by atoms with Gasteiger partial charge < -0.3 is 10.2 Å². The Morgan fingerprint density at radius 1 is 1.18 bits per heavy atom. The molecule has 0 atom stereocenters. The van der Waals surface area contributed by atoms with Gasteiger partial charge in [0.05, 0.1) is 11.3 Å². The van der Waals surface area contributed by atoms with Crippen LogP contribution in [0.3, 0.4) is 0 Å². The van der Waals surface area contributed by atoms with Crippen molar-refractivity contribution >= 4 is 5.91 Å². The zero-order valence-electron chi connectivity index (χ0n) is 17.7. The molecule has 0 aliphatic carbocycles. The molecule has 5 heteroatoms. The Labute approximate surface area is 168 Å². The maximum atomic E-state index is 12.5. The van der Waals surface area contributed by atoms with Crippen LogP contribution in [0.15, 0.2) is 36.4 Å². The summed E-state index contributed by atoms with van der Waals surface area (Å²) in [6.07, 6.45) is 0. The van der Waals surface area contributed by atoms with Gasteiger partial charge in [0.15, 0.2) is 0 Å². The number of nitriles is 1. The monoisotopic (exact) mass is 378 g/mol. The molecule has 5 nitrogen and oxygen atoms in total. The van der Waals surface area contributed by atoms with Gasteiger partial charge in [0.2, 0.25) is 0 Å². The van der Waals surface area contributed by atoms with Crippen LogP contribution in [0, 0.1) is 16.7 Å². The van der Waals surface area contributed by atoms with E-state index in [2.05, 4.69) is 49.0 Å². The van der Waals surface area contributed by atoms with Crippen molar-refractivity contribution in [3.05, 3.63) is 53.2 Å². The second kappa shape index (κ2) is 8.99. The fraction of sp³-hybridized carbons (Fsp3) is 0.435. The Morgan fingerprint density at radius 3 is 2.36 bits per heavy atom. The third-order valence-electron chi connectivity index (χ3n) is 4.52. The third kappa shape index (κ3) is 5.64. The number of rotatable bonds is 7. The topological polar surface area (TPSA) is 69.0 Å². The molecule has 2 aromatic rings. The maximum absolute atomic E-state index is 12.5. The van der Waals surface area contributed by atoms with Crippen LogP contribution in [-0.2, 0) is 0 Å². The first-order valence-corrected chi connectivity index (χ1v) is 9.57. The molecule has 0 fully saturated rings. The van der Waals surface area contributed by atoms with E-state index in [4.69, 9.17) is 0 Å². The fourth-order valence-electron chi connectivity index (χ4n) is 3.22. The highest BCUT2D eigenvalue weighted by atomic mass is 16.1. The maximum Gasteiger partial charge on any atom is 0.251 e. The number of benzene rings is 1. The van der Waals surface area contributed by atoms with E-state index in [-0.39, 0.29) is 17.2 Å².